The van der Waals surface area contributed by atoms with Gasteiger partial charge in [-0.2, -0.15) is 0 Å². The van der Waals surface area contributed by atoms with Gasteiger partial charge < -0.3 is 20.1 Å². The zero-order chi connectivity index (χ0) is 19.4. The summed E-state index contributed by atoms with van der Waals surface area (Å²) in [7, 11) is 1.68. The number of carbonyl (C=O) groups is 1. The molecule has 1 aliphatic rings. The van der Waals surface area contributed by atoms with E-state index in [1.165, 1.54) is 0 Å². The summed E-state index contributed by atoms with van der Waals surface area (Å²) in [6, 6.07) is 0. The van der Waals surface area contributed by atoms with Crippen LogP contribution in [0.1, 0.15) is 77.6 Å². The minimum Gasteiger partial charge on any atom is -0.481 e. The lowest BCUT2D eigenvalue weighted by Gasteiger charge is -2.22. The first-order chi connectivity index (χ1) is 12.5. The molecular formula is C21H38O5. The standard InChI is InChI=1S/C21H38O5/c1-3-4-7-10-16(22)13-14-18-17(19(23)15-20(18)26-2)11-8-5-6-9-12-21(24)25/h13-14,16-20,22-23H,3-12,15H2,1-2H3,(H,24,25)/t16?,17-,18-,19+,20-/m1/s1. The van der Waals surface area contributed by atoms with Crippen LogP contribution in [0.2, 0.25) is 0 Å². The summed E-state index contributed by atoms with van der Waals surface area (Å²) in [5, 5.41) is 29.2. The van der Waals surface area contributed by atoms with Gasteiger partial charge in [-0.05, 0) is 25.2 Å². The quantitative estimate of drug-likeness (QED) is 0.319. The van der Waals surface area contributed by atoms with Crippen molar-refractivity contribution in [3.8, 4) is 0 Å². The largest absolute Gasteiger partial charge is 0.481 e. The normalized spacial score (nSPS) is 27.2. The summed E-state index contributed by atoms with van der Waals surface area (Å²) in [6.45, 7) is 2.15. The van der Waals surface area contributed by atoms with E-state index in [1.54, 1.807) is 7.11 Å². The molecule has 0 radical (unpaired) electrons. The second kappa shape index (κ2) is 13.3. The van der Waals surface area contributed by atoms with Crippen molar-refractivity contribution in [1.29, 1.82) is 0 Å². The highest BCUT2D eigenvalue weighted by Gasteiger charge is 2.40. The lowest BCUT2D eigenvalue weighted by Crippen LogP contribution is -2.22. The zero-order valence-electron chi connectivity index (χ0n) is 16.5. The average Bonchev–Trinajstić information content (AvgIpc) is 2.91. The van der Waals surface area contributed by atoms with E-state index in [0.29, 0.717) is 6.42 Å². The molecule has 1 rings (SSSR count). The summed E-state index contributed by atoms with van der Waals surface area (Å²) >= 11 is 0. The number of ether oxygens (including phenoxy) is 1. The third-order valence-electron chi connectivity index (χ3n) is 5.53. The Labute approximate surface area is 158 Å². The van der Waals surface area contributed by atoms with Gasteiger partial charge in [0.1, 0.15) is 0 Å². The molecule has 5 atom stereocenters. The smallest absolute Gasteiger partial charge is 0.303 e. The fourth-order valence-electron chi connectivity index (χ4n) is 3.97. The molecule has 5 heteroatoms. The van der Waals surface area contributed by atoms with E-state index in [2.05, 4.69) is 13.0 Å². The molecule has 1 saturated carbocycles. The lowest BCUT2D eigenvalue weighted by molar-refractivity contribution is -0.137. The number of aliphatic hydroxyl groups excluding tert-OH is 2. The van der Waals surface area contributed by atoms with Crippen molar-refractivity contribution in [1.82, 2.24) is 0 Å². The number of carboxylic acid groups (broad SMARTS) is 1. The number of aliphatic carboxylic acids is 1. The number of rotatable bonds is 14. The van der Waals surface area contributed by atoms with Crippen molar-refractivity contribution < 1.29 is 24.9 Å². The average molecular weight is 371 g/mol. The first-order valence-corrected chi connectivity index (χ1v) is 10.3. The fourth-order valence-corrected chi connectivity index (χ4v) is 3.97. The highest BCUT2D eigenvalue weighted by molar-refractivity contribution is 5.66. The Hall–Kier alpha value is -0.910. The third kappa shape index (κ3) is 8.65. The lowest BCUT2D eigenvalue weighted by atomic mass is 9.87. The van der Waals surface area contributed by atoms with Gasteiger partial charge in [-0.3, -0.25) is 4.79 Å². The van der Waals surface area contributed by atoms with Gasteiger partial charge in [0.2, 0.25) is 0 Å². The van der Waals surface area contributed by atoms with Gasteiger partial charge in [0.05, 0.1) is 18.3 Å². The van der Waals surface area contributed by atoms with E-state index in [0.717, 1.165) is 57.8 Å². The molecule has 0 saturated heterocycles. The van der Waals surface area contributed by atoms with Crippen LogP contribution >= 0.6 is 0 Å². The molecule has 26 heavy (non-hydrogen) atoms. The molecule has 5 nitrogen and oxygen atoms in total. The first kappa shape index (κ1) is 23.1. The molecule has 0 aliphatic heterocycles. The predicted octanol–water partition coefficient (Wildman–Crippen LogP) is 3.92. The van der Waals surface area contributed by atoms with E-state index in [4.69, 9.17) is 9.84 Å². The van der Waals surface area contributed by atoms with Crippen LogP contribution in [0, 0.1) is 11.8 Å². The highest BCUT2D eigenvalue weighted by atomic mass is 16.5. The van der Waals surface area contributed by atoms with Crippen LogP contribution in [0.15, 0.2) is 12.2 Å². The van der Waals surface area contributed by atoms with Crippen molar-refractivity contribution in [2.75, 3.05) is 7.11 Å². The van der Waals surface area contributed by atoms with Gasteiger partial charge in [-0.1, -0.05) is 57.6 Å². The van der Waals surface area contributed by atoms with Crippen LogP contribution in [0.4, 0.5) is 0 Å². The number of hydrogen-bond donors (Lipinski definition) is 3. The van der Waals surface area contributed by atoms with E-state index in [9.17, 15) is 15.0 Å². The molecule has 0 amide bonds. The minimum atomic E-state index is -0.734. The van der Waals surface area contributed by atoms with Crippen LogP contribution in [-0.2, 0) is 9.53 Å². The van der Waals surface area contributed by atoms with Gasteiger partial charge in [0, 0.05) is 25.9 Å². The van der Waals surface area contributed by atoms with Gasteiger partial charge in [0.25, 0.3) is 0 Å². The molecule has 1 fully saturated rings. The van der Waals surface area contributed by atoms with Crippen molar-refractivity contribution in [3.05, 3.63) is 12.2 Å². The van der Waals surface area contributed by atoms with Gasteiger partial charge in [0.15, 0.2) is 0 Å². The molecule has 0 aromatic rings. The molecule has 0 aromatic heterocycles. The Balaban J connectivity index is 2.46. The number of aliphatic hydroxyl groups is 2. The second-order valence-electron chi connectivity index (χ2n) is 7.61. The Kier molecular flexibility index (Phi) is 11.8. The predicted molar refractivity (Wildman–Crippen MR) is 103 cm³/mol. The van der Waals surface area contributed by atoms with Crippen LogP contribution in [0.25, 0.3) is 0 Å². The molecule has 3 N–H and O–H groups in total. The van der Waals surface area contributed by atoms with Crippen molar-refractivity contribution in [2.45, 2.75) is 95.9 Å². The van der Waals surface area contributed by atoms with Gasteiger partial charge >= 0.3 is 5.97 Å². The summed E-state index contributed by atoms with van der Waals surface area (Å²) in [5.74, 6) is -0.449. The Bertz CT molecular complexity index is 409. The van der Waals surface area contributed by atoms with E-state index in [1.807, 2.05) is 6.08 Å². The highest BCUT2D eigenvalue weighted by Crippen LogP contribution is 2.38. The topological polar surface area (TPSA) is 87.0 Å². The summed E-state index contributed by atoms with van der Waals surface area (Å²) in [6.07, 6.45) is 12.6. The Morgan fingerprint density at radius 3 is 2.58 bits per heavy atom. The molecule has 1 unspecified atom stereocenters. The number of methoxy groups -OCH3 is 1. The summed E-state index contributed by atoms with van der Waals surface area (Å²) < 4.78 is 5.57. The molecule has 0 bridgehead atoms. The van der Waals surface area contributed by atoms with E-state index in [-0.39, 0.29) is 30.5 Å². The monoisotopic (exact) mass is 370 g/mol. The molecule has 0 aromatic carbocycles. The first-order valence-electron chi connectivity index (χ1n) is 10.3. The molecule has 0 spiro atoms. The molecule has 1 aliphatic carbocycles. The maximum atomic E-state index is 10.5. The van der Waals surface area contributed by atoms with E-state index >= 15 is 0 Å². The van der Waals surface area contributed by atoms with Crippen LogP contribution in [-0.4, -0.2) is 46.7 Å². The van der Waals surface area contributed by atoms with Gasteiger partial charge in [-0.15, -0.1) is 0 Å². The Morgan fingerprint density at radius 1 is 1.19 bits per heavy atom. The molecule has 0 heterocycles. The van der Waals surface area contributed by atoms with Crippen LogP contribution in [0.5, 0.6) is 0 Å². The SMILES string of the molecule is CCCCCC(O)C=C[C@@H]1[C@@H](CCCCCCC(=O)O)[C@@H](O)C[C@H]1OC. The minimum absolute atomic E-state index is 0.00102. The maximum Gasteiger partial charge on any atom is 0.303 e. The molecule has 152 valence electrons. The van der Waals surface area contributed by atoms with Crippen molar-refractivity contribution >= 4 is 5.97 Å². The van der Waals surface area contributed by atoms with Gasteiger partial charge in [-0.25, -0.2) is 0 Å². The van der Waals surface area contributed by atoms with Crippen LogP contribution in [0.3, 0.4) is 0 Å². The Morgan fingerprint density at radius 2 is 1.92 bits per heavy atom. The van der Waals surface area contributed by atoms with Crippen molar-refractivity contribution in [3.63, 3.8) is 0 Å². The second-order valence-corrected chi connectivity index (χ2v) is 7.61. The zero-order valence-corrected chi connectivity index (χ0v) is 16.5. The maximum absolute atomic E-state index is 10.5. The van der Waals surface area contributed by atoms with Crippen molar-refractivity contribution in [2.24, 2.45) is 11.8 Å². The molecular weight excluding hydrogens is 332 g/mol. The summed E-state index contributed by atoms with van der Waals surface area (Å²) in [4.78, 5) is 10.5. The van der Waals surface area contributed by atoms with Crippen LogP contribution < -0.4 is 0 Å². The number of carboxylic acids is 1. The number of hydrogen-bond acceptors (Lipinski definition) is 4. The number of unbranched alkanes of at least 4 members (excludes halogenated alkanes) is 5. The fraction of sp³-hybridized carbons (Fsp3) is 0.857. The summed E-state index contributed by atoms with van der Waals surface area (Å²) in [5.41, 5.74) is 0. The van der Waals surface area contributed by atoms with E-state index < -0.39 is 12.1 Å². The third-order valence-corrected chi connectivity index (χ3v) is 5.53.